The fraction of sp³-hybridized carbons (Fsp3) is 0.412. The predicted molar refractivity (Wildman–Crippen MR) is 96.6 cm³/mol. The van der Waals surface area contributed by atoms with Gasteiger partial charge in [0.05, 0.1) is 5.69 Å². The van der Waals surface area contributed by atoms with E-state index in [-0.39, 0.29) is 6.03 Å². The van der Waals surface area contributed by atoms with Gasteiger partial charge in [0, 0.05) is 52.5 Å². The van der Waals surface area contributed by atoms with Crippen LogP contribution in [0, 0.1) is 0 Å². The lowest BCUT2D eigenvalue weighted by atomic mass is 10.1. The molecule has 0 saturated heterocycles. The highest BCUT2D eigenvalue weighted by Gasteiger charge is 2.14. The maximum atomic E-state index is 12.1. The molecule has 0 bridgehead atoms. The van der Waals surface area contributed by atoms with Crippen LogP contribution in [0.1, 0.15) is 30.8 Å². The molecule has 2 N–H and O–H groups in total. The number of amides is 2. The third-order valence-corrected chi connectivity index (χ3v) is 4.83. The summed E-state index contributed by atoms with van der Waals surface area (Å²) in [6.07, 6.45) is 3.33. The molecule has 0 unspecified atom stereocenters. The van der Waals surface area contributed by atoms with E-state index in [9.17, 15) is 9.00 Å². The first-order valence-electron chi connectivity index (χ1n) is 7.98. The van der Waals surface area contributed by atoms with Gasteiger partial charge in [0.15, 0.2) is 0 Å². The molecule has 1 aromatic heterocycles. The van der Waals surface area contributed by atoms with Crippen molar-refractivity contribution >= 4 is 22.5 Å². The molecule has 2 aromatic rings. The fourth-order valence-corrected chi connectivity index (χ4v) is 3.19. The SMILES string of the molecule is CCc1nn(C)c(CC)c1CNC(=O)Nc1ccc([S@](C)=O)cc1. The van der Waals surface area contributed by atoms with Gasteiger partial charge in [-0.05, 0) is 37.1 Å². The largest absolute Gasteiger partial charge is 0.334 e. The van der Waals surface area contributed by atoms with Gasteiger partial charge in [0.1, 0.15) is 0 Å². The topological polar surface area (TPSA) is 76.0 Å². The van der Waals surface area contributed by atoms with Gasteiger partial charge in [0.25, 0.3) is 0 Å². The van der Waals surface area contributed by atoms with Crippen LogP contribution in [0.5, 0.6) is 0 Å². The van der Waals surface area contributed by atoms with Crippen LogP contribution in [0.25, 0.3) is 0 Å². The Morgan fingerprint density at radius 2 is 1.88 bits per heavy atom. The third-order valence-electron chi connectivity index (χ3n) is 3.90. The Morgan fingerprint density at radius 1 is 1.21 bits per heavy atom. The van der Waals surface area contributed by atoms with Gasteiger partial charge in [0.2, 0.25) is 0 Å². The van der Waals surface area contributed by atoms with Gasteiger partial charge < -0.3 is 10.6 Å². The molecule has 2 amide bonds. The Kier molecular flexibility index (Phi) is 6.14. The molecule has 24 heavy (non-hydrogen) atoms. The van der Waals surface area contributed by atoms with Crippen LogP contribution < -0.4 is 10.6 Å². The minimum Gasteiger partial charge on any atom is -0.334 e. The van der Waals surface area contributed by atoms with Gasteiger partial charge in [-0.1, -0.05) is 13.8 Å². The zero-order valence-electron chi connectivity index (χ0n) is 14.5. The van der Waals surface area contributed by atoms with Crippen molar-refractivity contribution in [3.63, 3.8) is 0 Å². The standard InChI is InChI=1S/C17H24N4O2S/c1-5-15-14(16(6-2)21(3)20-15)11-18-17(22)19-12-7-9-13(10-8-12)24(4)23/h7-10H,5-6,11H2,1-4H3,(H2,18,19,22)/t24-/m0/s1. The second-order valence-electron chi connectivity index (χ2n) is 5.49. The van der Waals surface area contributed by atoms with E-state index in [0.717, 1.165) is 34.7 Å². The zero-order valence-corrected chi connectivity index (χ0v) is 15.4. The number of hydrogen-bond acceptors (Lipinski definition) is 3. The lowest BCUT2D eigenvalue weighted by Crippen LogP contribution is -2.28. The normalized spacial score (nSPS) is 12.0. The lowest BCUT2D eigenvalue weighted by Gasteiger charge is -2.09. The Labute approximate surface area is 145 Å². The van der Waals surface area contributed by atoms with Gasteiger partial charge in [-0.25, -0.2) is 4.79 Å². The molecule has 0 aliphatic rings. The zero-order chi connectivity index (χ0) is 17.7. The molecule has 130 valence electrons. The molecule has 7 heteroatoms. The van der Waals surface area contributed by atoms with Gasteiger partial charge in [-0.2, -0.15) is 5.10 Å². The minimum atomic E-state index is -1.02. The van der Waals surface area contributed by atoms with Crippen molar-refractivity contribution in [1.29, 1.82) is 0 Å². The molecular formula is C17H24N4O2S. The van der Waals surface area contributed by atoms with Crippen molar-refractivity contribution in [2.24, 2.45) is 7.05 Å². The second-order valence-corrected chi connectivity index (χ2v) is 6.87. The van der Waals surface area contributed by atoms with E-state index < -0.39 is 10.8 Å². The summed E-state index contributed by atoms with van der Waals surface area (Å²) in [6, 6.07) is 6.72. The van der Waals surface area contributed by atoms with E-state index in [1.807, 2.05) is 11.7 Å². The number of rotatable bonds is 6. The third kappa shape index (κ3) is 4.23. The van der Waals surface area contributed by atoms with Crippen LogP contribution >= 0.6 is 0 Å². The fourth-order valence-electron chi connectivity index (χ4n) is 2.67. The first-order chi connectivity index (χ1) is 11.5. The summed E-state index contributed by atoms with van der Waals surface area (Å²) in [5, 5.41) is 10.2. The summed E-state index contributed by atoms with van der Waals surface area (Å²) in [5.74, 6) is 0. The van der Waals surface area contributed by atoms with Crippen LogP contribution in [0.15, 0.2) is 29.2 Å². The van der Waals surface area contributed by atoms with E-state index in [4.69, 9.17) is 0 Å². The van der Waals surface area contributed by atoms with Crippen LogP contribution in [0.2, 0.25) is 0 Å². The number of nitrogens with zero attached hydrogens (tertiary/aromatic N) is 2. The summed E-state index contributed by atoms with van der Waals surface area (Å²) in [7, 11) is 0.910. The number of urea groups is 1. The number of benzene rings is 1. The molecule has 0 spiro atoms. The van der Waals surface area contributed by atoms with Gasteiger partial charge >= 0.3 is 6.03 Å². The summed E-state index contributed by atoms with van der Waals surface area (Å²) >= 11 is 0. The lowest BCUT2D eigenvalue weighted by molar-refractivity contribution is 0.251. The molecule has 0 radical (unpaired) electrons. The van der Waals surface area contributed by atoms with Gasteiger partial charge in [-0.15, -0.1) is 0 Å². The predicted octanol–water partition coefficient (Wildman–Crippen LogP) is 2.60. The molecule has 6 nitrogen and oxygen atoms in total. The number of nitrogens with one attached hydrogen (secondary N) is 2. The van der Waals surface area contributed by atoms with Crippen LogP contribution in [0.3, 0.4) is 0 Å². The van der Waals surface area contributed by atoms with Gasteiger partial charge in [-0.3, -0.25) is 8.89 Å². The first-order valence-corrected chi connectivity index (χ1v) is 9.54. The maximum absolute atomic E-state index is 12.1. The number of anilines is 1. The Hall–Kier alpha value is -2.15. The van der Waals surface area contributed by atoms with E-state index in [1.165, 1.54) is 0 Å². The number of carbonyl (C=O) groups excluding carboxylic acids is 1. The summed E-state index contributed by atoms with van der Waals surface area (Å²) in [6.45, 7) is 4.59. The number of aromatic nitrogens is 2. The Balaban J connectivity index is 1.99. The van der Waals surface area contributed by atoms with Crippen molar-refractivity contribution in [1.82, 2.24) is 15.1 Å². The number of carbonyl (C=O) groups is 1. The number of hydrogen-bond donors (Lipinski definition) is 2. The molecule has 0 fully saturated rings. The van der Waals surface area contributed by atoms with E-state index >= 15 is 0 Å². The van der Waals surface area contributed by atoms with Crippen molar-refractivity contribution in [2.45, 2.75) is 38.1 Å². The molecule has 1 atom stereocenters. The average Bonchev–Trinajstić information content (AvgIpc) is 2.88. The van der Waals surface area contributed by atoms with E-state index in [1.54, 1.807) is 30.5 Å². The molecule has 1 heterocycles. The Bertz CT molecular complexity index is 738. The highest BCUT2D eigenvalue weighted by molar-refractivity contribution is 7.84. The van der Waals surface area contributed by atoms with Crippen LogP contribution in [0.4, 0.5) is 10.5 Å². The van der Waals surface area contributed by atoms with E-state index in [2.05, 4.69) is 29.6 Å². The maximum Gasteiger partial charge on any atom is 0.319 e. The monoisotopic (exact) mass is 348 g/mol. The van der Waals surface area contributed by atoms with Crippen molar-refractivity contribution < 1.29 is 9.00 Å². The first kappa shape index (κ1) is 18.2. The molecule has 0 saturated carbocycles. The highest BCUT2D eigenvalue weighted by atomic mass is 32.2. The summed E-state index contributed by atoms with van der Waals surface area (Å²) in [5.41, 5.74) is 3.92. The molecule has 1 aromatic carbocycles. The molecule has 2 rings (SSSR count). The van der Waals surface area contributed by atoms with Crippen molar-refractivity contribution in [3.8, 4) is 0 Å². The molecule has 0 aliphatic heterocycles. The van der Waals surface area contributed by atoms with E-state index in [0.29, 0.717) is 12.2 Å². The summed E-state index contributed by atoms with van der Waals surface area (Å²) < 4.78 is 13.3. The quantitative estimate of drug-likeness (QED) is 0.842. The van der Waals surface area contributed by atoms with Crippen molar-refractivity contribution in [3.05, 3.63) is 41.2 Å². The average molecular weight is 348 g/mol. The van der Waals surface area contributed by atoms with Crippen LogP contribution in [-0.4, -0.2) is 26.3 Å². The minimum absolute atomic E-state index is 0.270. The summed E-state index contributed by atoms with van der Waals surface area (Å²) in [4.78, 5) is 12.8. The van der Waals surface area contributed by atoms with Crippen LogP contribution in [-0.2, 0) is 37.2 Å². The van der Waals surface area contributed by atoms with Crippen molar-refractivity contribution in [2.75, 3.05) is 11.6 Å². The highest BCUT2D eigenvalue weighted by Crippen LogP contribution is 2.15. The molecule has 0 aliphatic carbocycles. The smallest absolute Gasteiger partial charge is 0.319 e. The molecular weight excluding hydrogens is 324 g/mol. The second kappa shape index (κ2) is 8.10. The number of aryl methyl sites for hydroxylation is 2. The Morgan fingerprint density at radius 3 is 2.42 bits per heavy atom.